The topological polar surface area (TPSA) is 93.7 Å². The molecule has 92 valence electrons. The van der Waals surface area contributed by atoms with Gasteiger partial charge in [0, 0.05) is 0 Å². The normalized spacial score (nSPS) is 16.6. The lowest BCUT2D eigenvalue weighted by molar-refractivity contribution is 0.0397. The van der Waals surface area contributed by atoms with Crippen molar-refractivity contribution < 1.29 is 9.84 Å². The van der Waals surface area contributed by atoms with Crippen LogP contribution in [-0.2, 0) is 4.74 Å². The van der Waals surface area contributed by atoms with Gasteiger partial charge in [0.15, 0.2) is 4.77 Å². The second-order valence-electron chi connectivity index (χ2n) is 3.48. The van der Waals surface area contributed by atoms with Crippen LogP contribution in [0, 0.1) is 4.77 Å². The van der Waals surface area contributed by atoms with Crippen molar-refractivity contribution in [2.45, 2.75) is 0 Å². The molecule has 3 N–H and O–H groups in total. The maximum absolute atomic E-state index is 11.5. The van der Waals surface area contributed by atoms with Crippen LogP contribution in [0.25, 0.3) is 0 Å². The molecule has 1 aliphatic heterocycles. The summed E-state index contributed by atoms with van der Waals surface area (Å²) in [5.41, 5.74) is -0.409. The van der Waals surface area contributed by atoms with Gasteiger partial charge >= 0.3 is 0 Å². The molecule has 0 spiro atoms. The molecule has 1 saturated heterocycles. The maximum atomic E-state index is 11.5. The highest BCUT2D eigenvalue weighted by Crippen LogP contribution is 2.05. The van der Waals surface area contributed by atoms with Crippen molar-refractivity contribution in [3.8, 4) is 5.88 Å². The van der Waals surface area contributed by atoms with E-state index < -0.39 is 5.56 Å². The number of H-pyrrole nitrogens is 2. The van der Waals surface area contributed by atoms with Gasteiger partial charge in [0.25, 0.3) is 5.56 Å². The number of ether oxygens (including phenoxy) is 1. The van der Waals surface area contributed by atoms with Crippen LogP contribution in [0.1, 0.15) is 5.56 Å². The Morgan fingerprint density at radius 3 is 2.76 bits per heavy atom. The third kappa shape index (κ3) is 2.92. The molecule has 0 radical (unpaired) electrons. The lowest BCUT2D eigenvalue weighted by Gasteiger charge is -2.23. The average molecular weight is 256 g/mol. The number of rotatable bonds is 2. The minimum Gasteiger partial charge on any atom is -0.494 e. The monoisotopic (exact) mass is 256 g/mol. The number of nitrogens with zero attached hydrogens (tertiary/aromatic N) is 2. The first-order valence-electron chi connectivity index (χ1n) is 5.09. The van der Waals surface area contributed by atoms with E-state index in [0.29, 0.717) is 26.3 Å². The summed E-state index contributed by atoms with van der Waals surface area (Å²) in [6.07, 6.45) is 1.31. The number of morpholine rings is 1. The van der Waals surface area contributed by atoms with Gasteiger partial charge in [-0.2, -0.15) is 5.10 Å². The van der Waals surface area contributed by atoms with Crippen LogP contribution in [0.5, 0.6) is 5.88 Å². The summed E-state index contributed by atoms with van der Waals surface area (Å²) in [5, 5.41) is 15.4. The van der Waals surface area contributed by atoms with Gasteiger partial charge in [0.05, 0.1) is 32.5 Å². The van der Waals surface area contributed by atoms with Gasteiger partial charge in [0.2, 0.25) is 5.88 Å². The van der Waals surface area contributed by atoms with Crippen molar-refractivity contribution in [2.24, 2.45) is 5.10 Å². The van der Waals surface area contributed by atoms with Crippen LogP contribution in [0.3, 0.4) is 0 Å². The lowest BCUT2D eigenvalue weighted by Crippen LogP contribution is -2.32. The molecule has 0 amide bonds. The molecule has 7 nitrogen and oxygen atoms in total. The van der Waals surface area contributed by atoms with Crippen molar-refractivity contribution in [2.75, 3.05) is 26.3 Å². The summed E-state index contributed by atoms with van der Waals surface area (Å²) < 4.78 is 5.24. The van der Waals surface area contributed by atoms with E-state index in [9.17, 15) is 9.90 Å². The smallest absolute Gasteiger partial charge is 0.264 e. The summed E-state index contributed by atoms with van der Waals surface area (Å²) in [7, 11) is 0. The van der Waals surface area contributed by atoms with Gasteiger partial charge in [-0.15, -0.1) is 0 Å². The Bertz CT molecular complexity index is 530. The highest BCUT2D eigenvalue weighted by Gasteiger charge is 2.08. The predicted molar refractivity (Wildman–Crippen MR) is 63.9 cm³/mol. The number of hydrogen-bond acceptors (Lipinski definition) is 6. The van der Waals surface area contributed by atoms with E-state index in [-0.39, 0.29) is 16.2 Å². The van der Waals surface area contributed by atoms with Gasteiger partial charge in [-0.1, -0.05) is 0 Å². The van der Waals surface area contributed by atoms with Gasteiger partial charge in [0.1, 0.15) is 5.56 Å². The highest BCUT2D eigenvalue weighted by atomic mass is 32.1. The zero-order chi connectivity index (χ0) is 12.3. The number of aromatic hydroxyl groups is 1. The summed E-state index contributed by atoms with van der Waals surface area (Å²) in [5.74, 6) is -0.282. The van der Waals surface area contributed by atoms with Crippen molar-refractivity contribution in [1.82, 2.24) is 15.0 Å². The molecule has 1 aromatic heterocycles. The average Bonchev–Trinajstić information content (AvgIpc) is 2.29. The quantitative estimate of drug-likeness (QED) is 0.503. The van der Waals surface area contributed by atoms with E-state index in [4.69, 9.17) is 17.0 Å². The van der Waals surface area contributed by atoms with Gasteiger partial charge < -0.3 is 14.8 Å². The fourth-order valence-corrected chi connectivity index (χ4v) is 1.60. The Morgan fingerprint density at radius 1 is 1.41 bits per heavy atom. The fraction of sp³-hybridized carbons (Fsp3) is 0.444. The van der Waals surface area contributed by atoms with Crippen LogP contribution in [0.15, 0.2) is 9.90 Å². The summed E-state index contributed by atoms with van der Waals surface area (Å²) in [6, 6.07) is 0. The Balaban J connectivity index is 2.20. The van der Waals surface area contributed by atoms with Crippen molar-refractivity contribution >= 4 is 18.4 Å². The first-order chi connectivity index (χ1) is 8.16. The second-order valence-corrected chi connectivity index (χ2v) is 3.89. The SMILES string of the molecule is O=c1[nH]c(=S)[nH]c(O)c1/C=N/N1CCOCC1. The second kappa shape index (κ2) is 5.11. The third-order valence-corrected chi connectivity index (χ3v) is 2.50. The molecule has 1 fully saturated rings. The van der Waals surface area contributed by atoms with Gasteiger partial charge in [-0.05, 0) is 12.2 Å². The number of hydrazone groups is 1. The van der Waals surface area contributed by atoms with E-state index in [2.05, 4.69) is 15.1 Å². The largest absolute Gasteiger partial charge is 0.494 e. The van der Waals surface area contributed by atoms with Crippen LogP contribution in [-0.4, -0.2) is 52.6 Å². The molecule has 0 saturated carbocycles. The Hall–Kier alpha value is -1.67. The molecule has 2 rings (SSSR count). The molecule has 8 heteroatoms. The van der Waals surface area contributed by atoms with Crippen molar-refractivity contribution in [3.63, 3.8) is 0 Å². The molecular weight excluding hydrogens is 244 g/mol. The minimum atomic E-state index is -0.469. The molecule has 2 heterocycles. The van der Waals surface area contributed by atoms with Crippen LogP contribution >= 0.6 is 12.2 Å². The Kier molecular flexibility index (Phi) is 3.55. The molecule has 0 atom stereocenters. The summed E-state index contributed by atoms with van der Waals surface area (Å²) >= 11 is 4.71. The number of aromatic amines is 2. The van der Waals surface area contributed by atoms with Gasteiger partial charge in [-0.3, -0.25) is 14.8 Å². The van der Waals surface area contributed by atoms with E-state index in [0.717, 1.165) is 0 Å². The standard InChI is InChI=1S/C9H12N4O3S/c14-7-6(8(15)12-9(17)11-7)5-10-13-1-3-16-4-2-13/h5H,1-4H2,(H3,11,12,14,15,17)/b10-5+. The van der Waals surface area contributed by atoms with E-state index in [1.165, 1.54) is 6.21 Å². The minimum absolute atomic E-state index is 0.0603. The van der Waals surface area contributed by atoms with E-state index >= 15 is 0 Å². The van der Waals surface area contributed by atoms with Gasteiger partial charge in [-0.25, -0.2) is 0 Å². The molecule has 1 aliphatic rings. The molecule has 0 unspecified atom stereocenters. The Labute approximate surface area is 102 Å². The number of hydrogen-bond donors (Lipinski definition) is 3. The van der Waals surface area contributed by atoms with Crippen molar-refractivity contribution in [3.05, 3.63) is 20.7 Å². The summed E-state index contributed by atoms with van der Waals surface area (Å²) in [6.45, 7) is 2.55. The lowest BCUT2D eigenvalue weighted by atomic mass is 10.3. The molecule has 0 aliphatic carbocycles. The van der Waals surface area contributed by atoms with Crippen LogP contribution in [0.4, 0.5) is 0 Å². The number of nitrogens with one attached hydrogen (secondary N) is 2. The van der Waals surface area contributed by atoms with Crippen LogP contribution < -0.4 is 5.56 Å². The summed E-state index contributed by atoms with van der Waals surface area (Å²) in [4.78, 5) is 16.3. The number of aromatic nitrogens is 2. The molecular formula is C9H12N4O3S. The first kappa shape index (κ1) is 11.8. The molecule has 17 heavy (non-hydrogen) atoms. The predicted octanol–water partition coefficient (Wildman–Crippen LogP) is -0.196. The first-order valence-corrected chi connectivity index (χ1v) is 5.50. The zero-order valence-electron chi connectivity index (χ0n) is 8.97. The molecule has 1 aromatic rings. The maximum Gasteiger partial charge on any atom is 0.264 e. The van der Waals surface area contributed by atoms with Crippen molar-refractivity contribution in [1.29, 1.82) is 0 Å². The highest BCUT2D eigenvalue weighted by molar-refractivity contribution is 7.71. The van der Waals surface area contributed by atoms with E-state index in [1.807, 2.05) is 0 Å². The van der Waals surface area contributed by atoms with E-state index in [1.54, 1.807) is 5.01 Å². The zero-order valence-corrected chi connectivity index (χ0v) is 9.79. The van der Waals surface area contributed by atoms with Crippen LogP contribution in [0.2, 0.25) is 0 Å². The third-order valence-electron chi connectivity index (χ3n) is 2.30. The molecule has 0 bridgehead atoms. The fourth-order valence-electron chi connectivity index (χ4n) is 1.41. The Morgan fingerprint density at radius 2 is 2.12 bits per heavy atom. The molecule has 0 aromatic carbocycles.